The summed E-state index contributed by atoms with van der Waals surface area (Å²) in [6.07, 6.45) is 3.04. The number of carbonyl (C=O) groups is 2. The van der Waals surface area contributed by atoms with Gasteiger partial charge in [0.05, 0.1) is 13.7 Å². The average molecular weight is 492 g/mol. The predicted molar refractivity (Wildman–Crippen MR) is 129 cm³/mol. The van der Waals surface area contributed by atoms with Gasteiger partial charge in [0.15, 0.2) is 5.82 Å². The molecular weight excluding hydrogens is 458 g/mol. The van der Waals surface area contributed by atoms with E-state index in [1.807, 2.05) is 9.80 Å². The van der Waals surface area contributed by atoms with Crippen LogP contribution in [0.1, 0.15) is 48.3 Å². The molecule has 2 amide bonds. The van der Waals surface area contributed by atoms with Crippen LogP contribution in [0.3, 0.4) is 0 Å². The summed E-state index contributed by atoms with van der Waals surface area (Å²) in [6, 6.07) is 7.20. The highest BCUT2D eigenvalue weighted by Gasteiger charge is 2.24. The molecule has 34 heavy (non-hydrogen) atoms. The molecule has 3 heterocycles. The monoisotopic (exact) mass is 491 g/mol. The summed E-state index contributed by atoms with van der Waals surface area (Å²) in [4.78, 5) is 35.6. The van der Waals surface area contributed by atoms with Gasteiger partial charge in [-0.3, -0.25) is 14.5 Å². The Bertz CT molecular complexity index is 935. The SMILES string of the molecule is COc1ccc(C(=O)N2CCN(Cc3noc(CCC(=O)N4CCC(C)CC4)n3)CC2)cc1.Cl. The number of aryl methyl sites for hydroxylation is 1. The Labute approximate surface area is 206 Å². The second kappa shape index (κ2) is 12.2. The van der Waals surface area contributed by atoms with Crippen molar-refractivity contribution in [3.05, 3.63) is 41.5 Å². The van der Waals surface area contributed by atoms with Crippen LogP contribution in [0.25, 0.3) is 0 Å². The number of piperidine rings is 1. The summed E-state index contributed by atoms with van der Waals surface area (Å²) < 4.78 is 10.5. The zero-order valence-corrected chi connectivity index (χ0v) is 20.8. The zero-order valence-electron chi connectivity index (χ0n) is 19.9. The fourth-order valence-electron chi connectivity index (χ4n) is 4.31. The maximum absolute atomic E-state index is 12.7. The minimum atomic E-state index is 0. The lowest BCUT2D eigenvalue weighted by atomic mass is 9.99. The molecule has 2 aromatic rings. The van der Waals surface area contributed by atoms with E-state index < -0.39 is 0 Å². The van der Waals surface area contributed by atoms with E-state index in [-0.39, 0.29) is 24.2 Å². The highest BCUT2D eigenvalue weighted by Crippen LogP contribution is 2.18. The quantitative estimate of drug-likeness (QED) is 0.587. The molecule has 186 valence electrons. The van der Waals surface area contributed by atoms with E-state index in [0.717, 1.165) is 44.8 Å². The van der Waals surface area contributed by atoms with Crippen molar-refractivity contribution >= 4 is 24.2 Å². The fraction of sp³-hybridized carbons (Fsp3) is 0.583. The van der Waals surface area contributed by atoms with Gasteiger partial charge >= 0.3 is 0 Å². The number of aromatic nitrogens is 2. The van der Waals surface area contributed by atoms with Crippen LogP contribution in [0.15, 0.2) is 28.8 Å². The molecule has 0 saturated carbocycles. The lowest BCUT2D eigenvalue weighted by Crippen LogP contribution is -2.48. The van der Waals surface area contributed by atoms with E-state index in [9.17, 15) is 9.59 Å². The number of likely N-dealkylation sites (tertiary alicyclic amines) is 1. The number of carbonyl (C=O) groups excluding carboxylic acids is 2. The van der Waals surface area contributed by atoms with Crippen LogP contribution < -0.4 is 4.74 Å². The number of hydrogen-bond acceptors (Lipinski definition) is 7. The molecule has 4 rings (SSSR count). The third-order valence-corrected chi connectivity index (χ3v) is 6.56. The highest BCUT2D eigenvalue weighted by molar-refractivity contribution is 5.94. The van der Waals surface area contributed by atoms with E-state index in [2.05, 4.69) is 22.0 Å². The molecule has 0 atom stereocenters. The first-order valence-corrected chi connectivity index (χ1v) is 11.8. The normalized spacial score (nSPS) is 17.4. The second-order valence-electron chi connectivity index (χ2n) is 8.96. The molecule has 1 aromatic heterocycles. The molecule has 0 aliphatic carbocycles. The summed E-state index contributed by atoms with van der Waals surface area (Å²) in [7, 11) is 1.61. The van der Waals surface area contributed by atoms with Gasteiger partial charge in [0.1, 0.15) is 5.75 Å². The van der Waals surface area contributed by atoms with Gasteiger partial charge in [-0.15, -0.1) is 12.4 Å². The Balaban J connectivity index is 0.00000324. The van der Waals surface area contributed by atoms with Gasteiger partial charge < -0.3 is 19.1 Å². The molecule has 0 N–H and O–H groups in total. The summed E-state index contributed by atoms with van der Waals surface area (Å²) in [6.45, 7) is 7.31. The number of methoxy groups -OCH3 is 1. The summed E-state index contributed by atoms with van der Waals surface area (Å²) >= 11 is 0. The van der Waals surface area contributed by atoms with Crippen molar-refractivity contribution in [2.24, 2.45) is 5.92 Å². The van der Waals surface area contributed by atoms with Gasteiger partial charge in [-0.1, -0.05) is 12.1 Å². The third-order valence-electron chi connectivity index (χ3n) is 6.56. The first kappa shape index (κ1) is 26.0. The van der Waals surface area contributed by atoms with Gasteiger partial charge in [0, 0.05) is 57.7 Å². The molecule has 0 spiro atoms. The first-order chi connectivity index (χ1) is 16.0. The number of halogens is 1. The van der Waals surface area contributed by atoms with Crippen LogP contribution in [-0.2, 0) is 17.8 Å². The van der Waals surface area contributed by atoms with Gasteiger partial charge in [-0.05, 0) is 43.0 Å². The highest BCUT2D eigenvalue weighted by atomic mass is 35.5. The lowest BCUT2D eigenvalue weighted by Gasteiger charge is -2.34. The molecule has 10 heteroatoms. The smallest absolute Gasteiger partial charge is 0.253 e. The van der Waals surface area contributed by atoms with Crippen molar-refractivity contribution in [2.75, 3.05) is 46.4 Å². The van der Waals surface area contributed by atoms with E-state index >= 15 is 0 Å². The van der Waals surface area contributed by atoms with Crippen molar-refractivity contribution in [3.63, 3.8) is 0 Å². The van der Waals surface area contributed by atoms with Crippen molar-refractivity contribution < 1.29 is 18.8 Å². The van der Waals surface area contributed by atoms with Crippen molar-refractivity contribution in [2.45, 2.75) is 39.2 Å². The van der Waals surface area contributed by atoms with E-state index in [1.165, 1.54) is 0 Å². The number of ether oxygens (including phenoxy) is 1. The Morgan fingerprint density at radius 2 is 1.71 bits per heavy atom. The van der Waals surface area contributed by atoms with E-state index in [0.29, 0.717) is 55.7 Å². The maximum atomic E-state index is 12.7. The van der Waals surface area contributed by atoms with Crippen LogP contribution in [0.2, 0.25) is 0 Å². The minimum absolute atomic E-state index is 0. The van der Waals surface area contributed by atoms with Crippen molar-refractivity contribution in [3.8, 4) is 5.75 Å². The van der Waals surface area contributed by atoms with Gasteiger partial charge in [0.2, 0.25) is 11.8 Å². The maximum Gasteiger partial charge on any atom is 0.253 e. The molecule has 1 aromatic carbocycles. The summed E-state index contributed by atoms with van der Waals surface area (Å²) in [5, 5.41) is 4.08. The fourth-order valence-corrected chi connectivity index (χ4v) is 4.31. The number of hydrogen-bond donors (Lipinski definition) is 0. The molecule has 2 aliphatic heterocycles. The van der Waals surface area contributed by atoms with Crippen LogP contribution in [-0.4, -0.2) is 83.0 Å². The molecule has 2 aliphatic rings. The van der Waals surface area contributed by atoms with Crippen LogP contribution in [0.4, 0.5) is 0 Å². The van der Waals surface area contributed by atoms with Crippen LogP contribution in [0.5, 0.6) is 5.75 Å². The molecule has 0 unspecified atom stereocenters. The minimum Gasteiger partial charge on any atom is -0.497 e. The lowest BCUT2D eigenvalue weighted by molar-refractivity contribution is -0.132. The number of amides is 2. The standard InChI is InChI=1S/C24H33N5O4.ClH/c1-18-9-11-28(12-10-18)23(30)8-7-22-25-21(26-33-22)17-27-13-15-29(16-14-27)24(31)19-3-5-20(32-2)6-4-19;/h3-6,18H,7-17H2,1-2H3;1H. The van der Waals surface area contributed by atoms with Gasteiger partial charge in [-0.25, -0.2) is 0 Å². The van der Waals surface area contributed by atoms with Gasteiger partial charge in [-0.2, -0.15) is 4.98 Å². The summed E-state index contributed by atoms with van der Waals surface area (Å²) in [5.74, 6) is 2.78. The number of benzene rings is 1. The van der Waals surface area contributed by atoms with Crippen LogP contribution in [0, 0.1) is 5.92 Å². The molecule has 0 radical (unpaired) electrons. The molecule has 2 fully saturated rings. The molecule has 0 bridgehead atoms. The Morgan fingerprint density at radius 3 is 2.35 bits per heavy atom. The van der Waals surface area contributed by atoms with Crippen molar-refractivity contribution in [1.29, 1.82) is 0 Å². The molecule has 2 saturated heterocycles. The average Bonchev–Trinajstić information content (AvgIpc) is 3.30. The topological polar surface area (TPSA) is 92.0 Å². The van der Waals surface area contributed by atoms with Crippen molar-refractivity contribution in [1.82, 2.24) is 24.8 Å². The number of nitrogens with zero attached hydrogens (tertiary/aromatic N) is 5. The largest absolute Gasteiger partial charge is 0.497 e. The van der Waals surface area contributed by atoms with E-state index in [1.54, 1.807) is 31.4 Å². The predicted octanol–water partition coefficient (Wildman–Crippen LogP) is 2.65. The molecular formula is C24H34ClN5O4. The first-order valence-electron chi connectivity index (χ1n) is 11.8. The summed E-state index contributed by atoms with van der Waals surface area (Å²) in [5.41, 5.74) is 0.667. The van der Waals surface area contributed by atoms with Gasteiger partial charge in [0.25, 0.3) is 5.91 Å². The Kier molecular flexibility index (Phi) is 9.29. The Morgan fingerprint density at radius 1 is 1.03 bits per heavy atom. The third kappa shape index (κ3) is 6.70. The number of rotatable bonds is 7. The second-order valence-corrected chi connectivity index (χ2v) is 8.96. The Hall–Kier alpha value is -2.65. The number of piperazine rings is 1. The van der Waals surface area contributed by atoms with Crippen LogP contribution >= 0.6 is 12.4 Å². The van der Waals surface area contributed by atoms with E-state index in [4.69, 9.17) is 9.26 Å². The molecule has 9 nitrogen and oxygen atoms in total. The zero-order chi connectivity index (χ0) is 23.2.